The Morgan fingerprint density at radius 3 is 2.62 bits per heavy atom. The highest BCUT2D eigenvalue weighted by molar-refractivity contribution is 7.13. The average molecular weight is 244 g/mol. The number of carboxylic acid groups (broad SMARTS) is 1. The molecule has 0 aliphatic rings. The number of likely N-dealkylation sites (N-methyl/N-ethyl adjacent to an activating group) is 1. The number of amides is 2. The molecule has 1 heterocycles. The monoisotopic (exact) mass is 244 g/mol. The molecule has 0 fully saturated rings. The molecular formula is C8H12N4O3S. The molecule has 0 aliphatic carbocycles. The summed E-state index contributed by atoms with van der Waals surface area (Å²) in [7, 11) is 1.41. The number of rotatable bonds is 3. The summed E-state index contributed by atoms with van der Waals surface area (Å²) in [6, 6.07) is -0.538. The molecule has 0 aromatic carbocycles. The molecule has 0 atom stereocenters. The molecule has 0 spiro atoms. The molecule has 0 radical (unpaired) electrons. The van der Waals surface area contributed by atoms with Gasteiger partial charge in [-0.25, -0.2) is 9.59 Å². The van der Waals surface area contributed by atoms with Crippen molar-refractivity contribution in [1.82, 2.24) is 15.1 Å². The lowest BCUT2D eigenvalue weighted by Gasteiger charge is -2.30. The third kappa shape index (κ3) is 2.45. The van der Waals surface area contributed by atoms with Crippen LogP contribution in [0.2, 0.25) is 0 Å². The third-order valence-corrected chi connectivity index (χ3v) is 2.85. The van der Waals surface area contributed by atoms with Crippen molar-refractivity contribution in [2.24, 2.45) is 0 Å². The Morgan fingerprint density at radius 2 is 2.19 bits per heavy atom. The highest BCUT2D eigenvalue weighted by Crippen LogP contribution is 2.15. The van der Waals surface area contributed by atoms with Crippen LogP contribution >= 0.6 is 11.3 Å². The molecule has 0 unspecified atom stereocenters. The topological polar surface area (TPSA) is 95.4 Å². The van der Waals surface area contributed by atoms with Crippen LogP contribution in [0.3, 0.4) is 0 Å². The largest absolute Gasteiger partial charge is 0.480 e. The molecule has 1 aromatic heterocycles. The van der Waals surface area contributed by atoms with E-state index in [-0.39, 0.29) is 0 Å². The van der Waals surface area contributed by atoms with E-state index in [1.807, 2.05) is 0 Å². The molecule has 0 saturated heterocycles. The van der Waals surface area contributed by atoms with Gasteiger partial charge in [0.1, 0.15) is 11.0 Å². The number of carbonyl (C=O) groups excluding carboxylic acids is 1. The van der Waals surface area contributed by atoms with Crippen molar-refractivity contribution in [2.75, 3.05) is 12.4 Å². The summed E-state index contributed by atoms with van der Waals surface area (Å²) in [6.07, 6.45) is 0. The first-order valence-corrected chi connectivity index (χ1v) is 5.28. The summed E-state index contributed by atoms with van der Waals surface area (Å²) >= 11 is 1.16. The summed E-state index contributed by atoms with van der Waals surface area (Å²) < 4.78 is 0. The van der Waals surface area contributed by atoms with Crippen LogP contribution in [0.4, 0.5) is 9.93 Å². The van der Waals surface area contributed by atoms with Crippen LogP contribution in [0.25, 0.3) is 0 Å². The highest BCUT2D eigenvalue weighted by Gasteiger charge is 2.35. The van der Waals surface area contributed by atoms with Crippen LogP contribution in [-0.4, -0.2) is 44.8 Å². The van der Waals surface area contributed by atoms with Gasteiger partial charge in [-0.3, -0.25) is 5.32 Å². The zero-order valence-corrected chi connectivity index (χ0v) is 9.91. The number of hydrogen-bond acceptors (Lipinski definition) is 5. The van der Waals surface area contributed by atoms with Crippen molar-refractivity contribution >= 4 is 28.5 Å². The number of hydrogen-bond donors (Lipinski definition) is 2. The predicted octanol–water partition coefficient (Wildman–Crippen LogP) is 0.865. The van der Waals surface area contributed by atoms with Crippen LogP contribution in [0, 0.1) is 0 Å². The van der Waals surface area contributed by atoms with Gasteiger partial charge in [0.05, 0.1) is 0 Å². The maximum atomic E-state index is 11.7. The fourth-order valence-corrected chi connectivity index (χ4v) is 1.23. The Labute approximate surface area is 96.1 Å². The molecule has 16 heavy (non-hydrogen) atoms. The van der Waals surface area contributed by atoms with Gasteiger partial charge < -0.3 is 10.0 Å². The van der Waals surface area contributed by atoms with Crippen molar-refractivity contribution < 1.29 is 14.7 Å². The second-order valence-corrected chi connectivity index (χ2v) is 4.43. The second kappa shape index (κ2) is 4.44. The number of carboxylic acids is 1. The molecule has 0 saturated carbocycles. The highest BCUT2D eigenvalue weighted by atomic mass is 32.1. The van der Waals surface area contributed by atoms with Gasteiger partial charge in [-0.15, -0.1) is 10.2 Å². The minimum atomic E-state index is -1.28. The van der Waals surface area contributed by atoms with E-state index in [1.54, 1.807) is 0 Å². The van der Waals surface area contributed by atoms with Crippen LogP contribution in [-0.2, 0) is 4.79 Å². The van der Waals surface area contributed by atoms with Crippen molar-refractivity contribution in [2.45, 2.75) is 19.4 Å². The van der Waals surface area contributed by atoms with Crippen LogP contribution in [0.15, 0.2) is 5.51 Å². The SMILES string of the molecule is CN(C(=O)Nc1nncs1)C(C)(C)C(=O)O. The number of aromatic nitrogens is 2. The van der Waals surface area contributed by atoms with Crippen LogP contribution in [0.5, 0.6) is 0 Å². The summed E-state index contributed by atoms with van der Waals surface area (Å²) in [4.78, 5) is 23.7. The standard InChI is InChI=1S/C8H12N4O3S/c1-8(2,5(13)14)12(3)7(15)10-6-11-9-4-16-6/h4H,1-3H3,(H,13,14)(H,10,11,15). The Bertz CT molecular complexity index is 390. The normalized spacial score (nSPS) is 10.9. The Balaban J connectivity index is 2.71. The zero-order chi connectivity index (χ0) is 12.3. The Morgan fingerprint density at radius 1 is 1.56 bits per heavy atom. The van der Waals surface area contributed by atoms with E-state index >= 15 is 0 Å². The van der Waals surface area contributed by atoms with E-state index in [1.165, 1.54) is 26.4 Å². The molecule has 1 aromatic rings. The first-order chi connectivity index (χ1) is 7.35. The summed E-state index contributed by atoms with van der Waals surface area (Å²) in [6.45, 7) is 2.88. The van der Waals surface area contributed by atoms with Gasteiger partial charge in [-0.05, 0) is 13.8 Å². The molecule has 1 rings (SSSR count). The maximum Gasteiger partial charge on any atom is 0.329 e. The van der Waals surface area contributed by atoms with E-state index in [4.69, 9.17) is 5.11 Å². The van der Waals surface area contributed by atoms with Crippen molar-refractivity contribution in [3.8, 4) is 0 Å². The molecule has 88 valence electrons. The number of nitrogens with one attached hydrogen (secondary N) is 1. The van der Waals surface area contributed by atoms with Gasteiger partial charge in [0.25, 0.3) is 0 Å². The van der Waals surface area contributed by atoms with Gasteiger partial charge in [-0.2, -0.15) is 0 Å². The first kappa shape index (κ1) is 12.4. The van der Waals surface area contributed by atoms with Crippen molar-refractivity contribution in [3.05, 3.63) is 5.51 Å². The fraction of sp³-hybridized carbons (Fsp3) is 0.500. The Hall–Kier alpha value is -1.70. The quantitative estimate of drug-likeness (QED) is 0.822. The van der Waals surface area contributed by atoms with E-state index in [9.17, 15) is 9.59 Å². The summed E-state index contributed by atoms with van der Waals surface area (Å²) in [5.74, 6) is -1.08. The van der Waals surface area contributed by atoms with Crippen molar-refractivity contribution in [3.63, 3.8) is 0 Å². The average Bonchev–Trinajstić information content (AvgIpc) is 2.68. The molecule has 2 N–H and O–H groups in total. The minimum Gasteiger partial charge on any atom is -0.480 e. The van der Waals surface area contributed by atoms with E-state index in [0.29, 0.717) is 5.13 Å². The third-order valence-electron chi connectivity index (χ3n) is 2.24. The number of anilines is 1. The van der Waals surface area contributed by atoms with Crippen molar-refractivity contribution in [1.29, 1.82) is 0 Å². The van der Waals surface area contributed by atoms with Gasteiger partial charge in [0.15, 0.2) is 0 Å². The predicted molar refractivity (Wildman–Crippen MR) is 58.4 cm³/mol. The molecule has 0 aliphatic heterocycles. The lowest BCUT2D eigenvalue weighted by molar-refractivity contribution is -0.146. The van der Waals surface area contributed by atoms with Gasteiger partial charge >= 0.3 is 12.0 Å². The molecular weight excluding hydrogens is 232 g/mol. The summed E-state index contributed by atoms with van der Waals surface area (Å²) in [5.41, 5.74) is 0.187. The summed E-state index contributed by atoms with van der Waals surface area (Å²) in [5, 5.41) is 18.9. The maximum absolute atomic E-state index is 11.7. The number of urea groups is 1. The molecule has 7 nitrogen and oxygen atoms in total. The second-order valence-electron chi connectivity index (χ2n) is 3.60. The lowest BCUT2D eigenvalue weighted by atomic mass is 10.1. The minimum absolute atomic E-state index is 0.332. The van der Waals surface area contributed by atoms with Crippen LogP contribution in [0.1, 0.15) is 13.8 Å². The van der Waals surface area contributed by atoms with E-state index in [2.05, 4.69) is 15.5 Å². The number of nitrogens with zero attached hydrogens (tertiary/aromatic N) is 3. The smallest absolute Gasteiger partial charge is 0.329 e. The number of carbonyl (C=O) groups is 2. The van der Waals surface area contributed by atoms with Gasteiger partial charge in [-0.1, -0.05) is 11.3 Å². The molecule has 0 bridgehead atoms. The first-order valence-electron chi connectivity index (χ1n) is 4.40. The fourth-order valence-electron chi connectivity index (χ4n) is 0.800. The lowest BCUT2D eigenvalue weighted by Crippen LogP contribution is -2.52. The number of aliphatic carboxylic acids is 1. The Kier molecular flexibility index (Phi) is 3.43. The zero-order valence-electron chi connectivity index (χ0n) is 9.09. The van der Waals surface area contributed by atoms with Crippen LogP contribution < -0.4 is 5.32 Å². The molecule has 2 amide bonds. The van der Waals surface area contributed by atoms with Gasteiger partial charge in [0, 0.05) is 7.05 Å². The van der Waals surface area contributed by atoms with Gasteiger partial charge in [0.2, 0.25) is 5.13 Å². The van der Waals surface area contributed by atoms with E-state index < -0.39 is 17.5 Å². The van der Waals surface area contributed by atoms with E-state index in [0.717, 1.165) is 16.2 Å². The molecule has 8 heteroatoms.